The zero-order valence-electron chi connectivity index (χ0n) is 5.79. The molecule has 0 spiro atoms. The summed E-state index contributed by atoms with van der Waals surface area (Å²) in [6.45, 7) is 3.52. The van der Waals surface area contributed by atoms with Crippen LogP contribution in [0.5, 0.6) is 0 Å². The third kappa shape index (κ3) is 1.84. The molecule has 1 aliphatic carbocycles. The first-order valence-corrected chi connectivity index (χ1v) is 2.53. The molecule has 0 aromatic rings. The maximum atomic E-state index is 10.2. The van der Waals surface area contributed by atoms with Gasteiger partial charge in [0, 0.05) is 29.6 Å². The van der Waals surface area contributed by atoms with E-state index in [2.05, 4.69) is 6.58 Å². The molecule has 0 bridgehead atoms. The summed E-state index contributed by atoms with van der Waals surface area (Å²) in [5.41, 5.74) is 0.859. The average molecular weight is 145 g/mol. The Bertz CT molecular complexity index is 226. The van der Waals surface area contributed by atoms with Crippen LogP contribution in [0.3, 0.4) is 0 Å². The maximum Gasteiger partial charge on any atom is 0.336 e. The maximum absolute atomic E-state index is 10.2. The first kappa shape index (κ1) is 9.69. The van der Waals surface area contributed by atoms with Gasteiger partial charge in [0.1, 0.15) is 0 Å². The molecule has 1 aliphatic rings. The standard InChI is InChI=1S/C7H6O2.Na/c1-5-3-2-4-6(5)7(8)9;/h2-4H,1H2,(H,8,9);. The summed E-state index contributed by atoms with van der Waals surface area (Å²) in [7, 11) is 0. The second-order valence-electron chi connectivity index (χ2n) is 1.77. The molecule has 0 unspecified atom stereocenters. The molecular formula is C7H6NaO2. The Balaban J connectivity index is 0.000000810. The Labute approximate surface area is 81.2 Å². The van der Waals surface area contributed by atoms with Gasteiger partial charge in [0.2, 0.25) is 0 Å². The molecule has 10 heavy (non-hydrogen) atoms. The smallest absolute Gasteiger partial charge is 0.336 e. The quantitative estimate of drug-likeness (QED) is 0.552. The van der Waals surface area contributed by atoms with Crippen LogP contribution in [-0.4, -0.2) is 40.6 Å². The number of hydrogen-bond donors (Lipinski definition) is 1. The summed E-state index contributed by atoms with van der Waals surface area (Å²) in [6, 6.07) is 0. The largest absolute Gasteiger partial charge is 0.478 e. The van der Waals surface area contributed by atoms with Crippen molar-refractivity contribution < 1.29 is 9.90 Å². The Kier molecular flexibility index (Phi) is 3.64. The molecule has 2 nitrogen and oxygen atoms in total. The number of carboxylic acids is 1. The van der Waals surface area contributed by atoms with Crippen molar-refractivity contribution in [1.29, 1.82) is 0 Å². The molecule has 0 saturated carbocycles. The fourth-order valence-electron chi connectivity index (χ4n) is 0.666. The van der Waals surface area contributed by atoms with E-state index in [1.54, 1.807) is 12.2 Å². The van der Waals surface area contributed by atoms with Crippen molar-refractivity contribution in [2.45, 2.75) is 0 Å². The first-order valence-electron chi connectivity index (χ1n) is 2.53. The summed E-state index contributed by atoms with van der Waals surface area (Å²) in [6.07, 6.45) is 4.87. The van der Waals surface area contributed by atoms with E-state index in [-0.39, 0.29) is 35.1 Å². The predicted octanol–water partition coefficient (Wildman–Crippen LogP) is 0.743. The van der Waals surface area contributed by atoms with E-state index >= 15 is 0 Å². The van der Waals surface area contributed by atoms with Crippen LogP contribution in [-0.2, 0) is 4.79 Å². The van der Waals surface area contributed by atoms with Gasteiger partial charge >= 0.3 is 5.97 Å². The summed E-state index contributed by atoms with van der Waals surface area (Å²) in [5, 5.41) is 8.41. The van der Waals surface area contributed by atoms with E-state index in [9.17, 15) is 4.79 Å². The van der Waals surface area contributed by atoms with Crippen LogP contribution in [0.2, 0.25) is 0 Å². The van der Waals surface area contributed by atoms with E-state index in [1.165, 1.54) is 6.08 Å². The summed E-state index contributed by atoms with van der Waals surface area (Å²) in [4.78, 5) is 10.2. The normalized spacial score (nSPS) is 14.4. The minimum absolute atomic E-state index is 0. The van der Waals surface area contributed by atoms with Gasteiger partial charge in [-0.05, 0) is 11.6 Å². The molecule has 0 saturated heterocycles. The molecule has 0 atom stereocenters. The molecule has 0 aliphatic heterocycles. The number of allylic oxidation sites excluding steroid dienone is 3. The molecule has 0 aromatic heterocycles. The van der Waals surface area contributed by atoms with Crippen LogP contribution in [0.15, 0.2) is 36.0 Å². The minimum atomic E-state index is -0.912. The van der Waals surface area contributed by atoms with Crippen molar-refractivity contribution in [2.75, 3.05) is 0 Å². The van der Waals surface area contributed by atoms with Crippen molar-refractivity contribution in [3.8, 4) is 0 Å². The summed E-state index contributed by atoms with van der Waals surface area (Å²) in [5.74, 6) is -0.912. The van der Waals surface area contributed by atoms with Gasteiger partial charge in [-0.15, -0.1) is 0 Å². The van der Waals surface area contributed by atoms with Crippen molar-refractivity contribution in [1.82, 2.24) is 0 Å². The Morgan fingerprint density at radius 1 is 1.60 bits per heavy atom. The van der Waals surface area contributed by atoms with Gasteiger partial charge in [-0.1, -0.05) is 18.7 Å². The molecule has 47 valence electrons. The number of aliphatic carboxylic acids is 1. The van der Waals surface area contributed by atoms with Crippen LogP contribution >= 0.6 is 0 Å². The van der Waals surface area contributed by atoms with E-state index in [0.717, 1.165) is 0 Å². The van der Waals surface area contributed by atoms with E-state index in [1.807, 2.05) is 0 Å². The minimum Gasteiger partial charge on any atom is -0.478 e. The van der Waals surface area contributed by atoms with E-state index < -0.39 is 5.97 Å². The molecular weight excluding hydrogens is 139 g/mol. The number of hydrogen-bond acceptors (Lipinski definition) is 1. The molecule has 0 aromatic carbocycles. The van der Waals surface area contributed by atoms with Crippen molar-refractivity contribution in [2.24, 2.45) is 0 Å². The van der Waals surface area contributed by atoms with Gasteiger partial charge in [-0.3, -0.25) is 0 Å². The Morgan fingerprint density at radius 2 is 2.20 bits per heavy atom. The second kappa shape index (κ2) is 3.76. The van der Waals surface area contributed by atoms with Gasteiger partial charge in [0.25, 0.3) is 0 Å². The zero-order valence-corrected chi connectivity index (χ0v) is 7.79. The second-order valence-corrected chi connectivity index (χ2v) is 1.77. The number of rotatable bonds is 1. The van der Waals surface area contributed by atoms with Gasteiger partial charge in [-0.2, -0.15) is 0 Å². The van der Waals surface area contributed by atoms with Gasteiger partial charge in [0.15, 0.2) is 0 Å². The van der Waals surface area contributed by atoms with Crippen LogP contribution < -0.4 is 0 Å². The molecule has 1 rings (SSSR count). The van der Waals surface area contributed by atoms with Gasteiger partial charge in [0.05, 0.1) is 5.57 Å². The number of carboxylic acid groups (broad SMARTS) is 1. The summed E-state index contributed by atoms with van der Waals surface area (Å²) >= 11 is 0. The van der Waals surface area contributed by atoms with Crippen molar-refractivity contribution in [3.63, 3.8) is 0 Å². The molecule has 1 N–H and O–H groups in total. The Morgan fingerprint density at radius 3 is 2.40 bits per heavy atom. The van der Waals surface area contributed by atoms with Crippen molar-refractivity contribution >= 4 is 35.5 Å². The molecule has 0 amide bonds. The molecule has 0 fully saturated rings. The van der Waals surface area contributed by atoms with E-state index in [4.69, 9.17) is 5.11 Å². The van der Waals surface area contributed by atoms with Crippen LogP contribution in [0.25, 0.3) is 0 Å². The third-order valence-corrected chi connectivity index (χ3v) is 1.14. The fourth-order valence-corrected chi connectivity index (χ4v) is 0.666. The Hall–Kier alpha value is -0.310. The predicted molar refractivity (Wildman–Crippen MR) is 39.8 cm³/mol. The first-order chi connectivity index (χ1) is 4.22. The van der Waals surface area contributed by atoms with Gasteiger partial charge in [-0.25, -0.2) is 4.79 Å². The topological polar surface area (TPSA) is 37.3 Å². The number of carbonyl (C=O) groups is 1. The third-order valence-electron chi connectivity index (χ3n) is 1.14. The van der Waals surface area contributed by atoms with E-state index in [0.29, 0.717) is 5.57 Å². The van der Waals surface area contributed by atoms with Crippen molar-refractivity contribution in [3.05, 3.63) is 36.0 Å². The van der Waals surface area contributed by atoms with Gasteiger partial charge < -0.3 is 5.11 Å². The SMILES string of the molecule is C=C1C=CC=C1C(=O)O.[Na]. The molecule has 3 heteroatoms. The van der Waals surface area contributed by atoms with Crippen LogP contribution in [0.4, 0.5) is 0 Å². The monoisotopic (exact) mass is 145 g/mol. The summed E-state index contributed by atoms with van der Waals surface area (Å²) < 4.78 is 0. The molecule has 1 radical (unpaired) electrons. The zero-order chi connectivity index (χ0) is 6.85. The van der Waals surface area contributed by atoms with Crippen LogP contribution in [0.1, 0.15) is 0 Å². The fraction of sp³-hybridized carbons (Fsp3) is 0. The van der Waals surface area contributed by atoms with Crippen LogP contribution in [0, 0.1) is 0 Å². The average Bonchev–Trinajstić information content (AvgIpc) is 2.13. The molecule has 0 heterocycles.